The minimum atomic E-state index is -0.796. The molecule has 0 aliphatic heterocycles. The van der Waals surface area contributed by atoms with E-state index < -0.39 is 11.9 Å². The molecule has 1 heterocycles. The van der Waals surface area contributed by atoms with Crippen molar-refractivity contribution >= 4 is 11.8 Å². The van der Waals surface area contributed by atoms with Crippen molar-refractivity contribution < 1.29 is 23.8 Å². The highest BCUT2D eigenvalue weighted by molar-refractivity contribution is 5.93. The van der Waals surface area contributed by atoms with Crippen LogP contribution in [0.15, 0.2) is 29.2 Å². The molecule has 0 amide bonds. The lowest BCUT2D eigenvalue weighted by atomic mass is 10.00. The molecule has 18 heavy (non-hydrogen) atoms. The number of rotatable bonds is 7. The van der Waals surface area contributed by atoms with E-state index in [2.05, 4.69) is 6.58 Å². The van der Waals surface area contributed by atoms with Crippen LogP contribution in [0.5, 0.6) is 0 Å². The molecule has 1 aromatic heterocycles. The number of esters is 1. The Morgan fingerprint density at radius 2 is 2.28 bits per heavy atom. The van der Waals surface area contributed by atoms with E-state index >= 15 is 0 Å². The van der Waals surface area contributed by atoms with Crippen molar-refractivity contribution in [3.8, 4) is 0 Å². The summed E-state index contributed by atoms with van der Waals surface area (Å²) in [5.41, 5.74) is 0. The number of aliphatic hydroxyl groups is 1. The summed E-state index contributed by atoms with van der Waals surface area (Å²) in [5.74, 6) is -0.935. The standard InChI is InChI=1S/C13H16O5/c1-3-9(15)7-11(13(16)17-4-2)12-6-5-10(8-14)18-12/h3,5-6,11,14H,1,4,7-8H2,2H3. The summed E-state index contributed by atoms with van der Waals surface area (Å²) in [5, 5.41) is 8.91. The molecular formula is C13H16O5. The largest absolute Gasteiger partial charge is 0.465 e. The van der Waals surface area contributed by atoms with Crippen LogP contribution in [-0.2, 0) is 20.9 Å². The molecule has 98 valence electrons. The summed E-state index contributed by atoms with van der Waals surface area (Å²) in [7, 11) is 0. The highest BCUT2D eigenvalue weighted by Gasteiger charge is 2.27. The van der Waals surface area contributed by atoms with Gasteiger partial charge in [-0.25, -0.2) is 0 Å². The molecule has 0 spiro atoms. The smallest absolute Gasteiger partial charge is 0.317 e. The monoisotopic (exact) mass is 252 g/mol. The minimum Gasteiger partial charge on any atom is -0.465 e. The van der Waals surface area contributed by atoms with Crippen LogP contribution in [0.25, 0.3) is 0 Å². The quantitative estimate of drug-likeness (QED) is 0.588. The van der Waals surface area contributed by atoms with Gasteiger partial charge in [0.05, 0.1) is 6.61 Å². The number of furan rings is 1. The fraction of sp³-hybridized carbons (Fsp3) is 0.385. The summed E-state index contributed by atoms with van der Waals surface area (Å²) in [4.78, 5) is 23.1. The normalized spacial score (nSPS) is 11.9. The first kappa shape index (κ1) is 14.2. The van der Waals surface area contributed by atoms with E-state index in [1.54, 1.807) is 19.1 Å². The second-order valence-electron chi connectivity index (χ2n) is 3.64. The fourth-order valence-corrected chi connectivity index (χ4v) is 1.49. The zero-order valence-electron chi connectivity index (χ0n) is 10.2. The van der Waals surface area contributed by atoms with Crippen molar-refractivity contribution in [1.29, 1.82) is 0 Å². The van der Waals surface area contributed by atoms with Gasteiger partial charge in [0.1, 0.15) is 24.0 Å². The van der Waals surface area contributed by atoms with Crippen LogP contribution >= 0.6 is 0 Å². The minimum absolute atomic E-state index is 0.0548. The molecule has 0 fully saturated rings. The number of ketones is 1. The molecule has 0 bridgehead atoms. The summed E-state index contributed by atoms with van der Waals surface area (Å²) in [6.07, 6.45) is 1.10. The summed E-state index contributed by atoms with van der Waals surface area (Å²) < 4.78 is 10.2. The van der Waals surface area contributed by atoms with Crippen LogP contribution in [-0.4, -0.2) is 23.5 Å². The zero-order valence-corrected chi connectivity index (χ0v) is 10.2. The first-order valence-electron chi connectivity index (χ1n) is 5.63. The van der Waals surface area contributed by atoms with Gasteiger partial charge in [0, 0.05) is 6.42 Å². The third-order valence-electron chi connectivity index (χ3n) is 2.39. The third-order valence-corrected chi connectivity index (χ3v) is 2.39. The maximum Gasteiger partial charge on any atom is 0.317 e. The molecule has 1 rings (SSSR count). The van der Waals surface area contributed by atoms with Crippen molar-refractivity contribution in [2.45, 2.75) is 25.9 Å². The molecular weight excluding hydrogens is 236 g/mol. The Morgan fingerprint density at radius 1 is 1.56 bits per heavy atom. The van der Waals surface area contributed by atoms with Gasteiger partial charge in [0.2, 0.25) is 0 Å². The lowest BCUT2D eigenvalue weighted by Crippen LogP contribution is -2.18. The van der Waals surface area contributed by atoms with E-state index in [1.807, 2.05) is 0 Å². The van der Waals surface area contributed by atoms with Crippen molar-refractivity contribution in [1.82, 2.24) is 0 Å². The second kappa shape index (κ2) is 6.76. The Hall–Kier alpha value is -1.88. The lowest BCUT2D eigenvalue weighted by Gasteiger charge is -2.11. The van der Waals surface area contributed by atoms with Crippen LogP contribution in [0.4, 0.5) is 0 Å². The maximum absolute atomic E-state index is 11.8. The lowest BCUT2D eigenvalue weighted by molar-refractivity contribution is -0.146. The first-order chi connectivity index (χ1) is 8.62. The Bertz CT molecular complexity index is 432. The zero-order chi connectivity index (χ0) is 13.5. The fourth-order valence-electron chi connectivity index (χ4n) is 1.49. The molecule has 0 saturated carbocycles. The Kier molecular flexibility index (Phi) is 5.32. The van der Waals surface area contributed by atoms with Gasteiger partial charge in [0.25, 0.3) is 0 Å². The number of aliphatic hydroxyl groups excluding tert-OH is 1. The number of carbonyl (C=O) groups excluding carboxylic acids is 2. The average Bonchev–Trinajstić information content (AvgIpc) is 2.84. The number of allylic oxidation sites excluding steroid dienone is 1. The van der Waals surface area contributed by atoms with Gasteiger partial charge in [-0.05, 0) is 25.1 Å². The molecule has 1 atom stereocenters. The second-order valence-corrected chi connectivity index (χ2v) is 3.64. The van der Waals surface area contributed by atoms with Gasteiger partial charge >= 0.3 is 5.97 Å². The van der Waals surface area contributed by atoms with Crippen molar-refractivity contribution in [2.24, 2.45) is 0 Å². The van der Waals surface area contributed by atoms with E-state index in [0.29, 0.717) is 11.5 Å². The summed E-state index contributed by atoms with van der Waals surface area (Å²) in [6, 6.07) is 3.11. The van der Waals surface area contributed by atoms with Crippen molar-refractivity contribution in [3.05, 3.63) is 36.3 Å². The maximum atomic E-state index is 11.8. The predicted molar refractivity (Wildman–Crippen MR) is 63.8 cm³/mol. The van der Waals surface area contributed by atoms with E-state index in [9.17, 15) is 9.59 Å². The Morgan fingerprint density at radius 3 is 2.78 bits per heavy atom. The summed E-state index contributed by atoms with van der Waals surface area (Å²) in [6.45, 7) is 5.02. The molecule has 5 heteroatoms. The highest BCUT2D eigenvalue weighted by atomic mass is 16.5. The van der Waals surface area contributed by atoms with Crippen molar-refractivity contribution in [3.63, 3.8) is 0 Å². The number of hydrogen-bond donors (Lipinski definition) is 1. The van der Waals surface area contributed by atoms with Crippen LogP contribution in [0.1, 0.15) is 30.8 Å². The molecule has 0 aliphatic rings. The molecule has 1 unspecified atom stereocenters. The molecule has 1 N–H and O–H groups in total. The van der Waals surface area contributed by atoms with Gasteiger partial charge in [-0.15, -0.1) is 0 Å². The van der Waals surface area contributed by atoms with E-state index in [1.165, 1.54) is 0 Å². The molecule has 5 nitrogen and oxygen atoms in total. The van der Waals surface area contributed by atoms with Gasteiger partial charge in [-0.3, -0.25) is 9.59 Å². The third kappa shape index (κ3) is 3.56. The first-order valence-corrected chi connectivity index (χ1v) is 5.63. The summed E-state index contributed by atoms with van der Waals surface area (Å²) >= 11 is 0. The SMILES string of the molecule is C=CC(=O)CC(C(=O)OCC)c1ccc(CO)o1. The van der Waals surface area contributed by atoms with E-state index in [4.69, 9.17) is 14.3 Å². The van der Waals surface area contributed by atoms with Crippen molar-refractivity contribution in [2.75, 3.05) is 6.61 Å². The topological polar surface area (TPSA) is 76.7 Å². The van der Waals surface area contributed by atoms with Gasteiger partial charge < -0.3 is 14.3 Å². The molecule has 0 saturated heterocycles. The molecule has 0 radical (unpaired) electrons. The number of carbonyl (C=O) groups is 2. The molecule has 0 aromatic carbocycles. The van der Waals surface area contributed by atoms with Gasteiger partial charge in [-0.2, -0.15) is 0 Å². The molecule has 0 aliphatic carbocycles. The van der Waals surface area contributed by atoms with Crippen LogP contribution < -0.4 is 0 Å². The average molecular weight is 252 g/mol. The van der Waals surface area contributed by atoms with Crippen LogP contribution in [0.2, 0.25) is 0 Å². The number of hydrogen-bond acceptors (Lipinski definition) is 5. The van der Waals surface area contributed by atoms with E-state index in [0.717, 1.165) is 6.08 Å². The Labute approximate surface area is 105 Å². The van der Waals surface area contributed by atoms with Crippen LogP contribution in [0, 0.1) is 0 Å². The number of ether oxygens (including phenoxy) is 1. The Balaban J connectivity index is 2.91. The predicted octanol–water partition coefficient (Wildman–Crippen LogP) is 1.56. The van der Waals surface area contributed by atoms with Gasteiger partial charge in [-0.1, -0.05) is 6.58 Å². The van der Waals surface area contributed by atoms with Gasteiger partial charge in [0.15, 0.2) is 5.78 Å². The molecule has 1 aromatic rings. The van der Waals surface area contributed by atoms with Crippen LogP contribution in [0.3, 0.4) is 0 Å². The highest BCUT2D eigenvalue weighted by Crippen LogP contribution is 2.24. The van der Waals surface area contributed by atoms with E-state index in [-0.39, 0.29) is 25.4 Å².